The molecule has 3 rings (SSSR count). The van der Waals surface area contributed by atoms with Crippen molar-refractivity contribution >= 4 is 5.82 Å². The molecule has 1 N–H and O–H groups in total. The first-order chi connectivity index (χ1) is 12.0. The van der Waals surface area contributed by atoms with Gasteiger partial charge in [-0.25, -0.2) is 23.1 Å². The van der Waals surface area contributed by atoms with E-state index in [1.165, 1.54) is 0 Å². The van der Waals surface area contributed by atoms with Gasteiger partial charge in [0.15, 0.2) is 17.5 Å². The lowest BCUT2D eigenvalue weighted by Gasteiger charge is -2.09. The van der Waals surface area contributed by atoms with Crippen molar-refractivity contribution in [2.24, 2.45) is 0 Å². The van der Waals surface area contributed by atoms with E-state index in [0.29, 0.717) is 24.1 Å². The van der Waals surface area contributed by atoms with Crippen LogP contribution in [0, 0.1) is 24.4 Å². The zero-order valence-electron chi connectivity index (χ0n) is 13.4. The fourth-order valence-corrected chi connectivity index (χ4v) is 2.38. The first-order valence-electron chi connectivity index (χ1n) is 7.66. The maximum Gasteiger partial charge on any atom is 0.170 e. The predicted octanol–water partition coefficient (Wildman–Crippen LogP) is 3.92. The number of aromatic nitrogens is 3. The van der Waals surface area contributed by atoms with E-state index in [1.807, 2.05) is 12.1 Å². The van der Waals surface area contributed by atoms with Crippen LogP contribution in [0.25, 0.3) is 11.4 Å². The highest BCUT2D eigenvalue weighted by molar-refractivity contribution is 5.58. The van der Waals surface area contributed by atoms with Crippen LogP contribution in [0.5, 0.6) is 0 Å². The number of aryl methyl sites for hydroxylation is 1. The van der Waals surface area contributed by atoms with E-state index >= 15 is 0 Å². The maximum atomic E-state index is 14.0. The van der Waals surface area contributed by atoms with E-state index in [1.54, 1.807) is 25.4 Å². The topological polar surface area (TPSA) is 50.7 Å². The van der Waals surface area contributed by atoms with Gasteiger partial charge in [-0.15, -0.1) is 0 Å². The van der Waals surface area contributed by atoms with Gasteiger partial charge in [0.1, 0.15) is 11.6 Å². The Kier molecular flexibility index (Phi) is 4.92. The minimum Gasteiger partial charge on any atom is -0.370 e. The van der Waals surface area contributed by atoms with E-state index in [4.69, 9.17) is 0 Å². The monoisotopic (exact) mass is 344 g/mol. The first kappa shape index (κ1) is 16.9. The standard InChI is InChI=1S/C18H15F3N4/c1-11-7-16(23-6-4-12-3-2-5-22-10-12)25-18(24-11)14-8-13(19)9-15(20)17(14)21/h2-3,5,7-10H,4,6H2,1H3,(H,23,24,25). The lowest BCUT2D eigenvalue weighted by atomic mass is 10.1. The zero-order chi connectivity index (χ0) is 17.8. The van der Waals surface area contributed by atoms with Crippen LogP contribution in [0.3, 0.4) is 0 Å². The third kappa shape index (κ3) is 4.12. The molecule has 128 valence electrons. The summed E-state index contributed by atoms with van der Waals surface area (Å²) in [6.45, 7) is 2.27. The van der Waals surface area contributed by atoms with Crippen LogP contribution in [0.1, 0.15) is 11.3 Å². The number of halogens is 3. The fraction of sp³-hybridized carbons (Fsp3) is 0.167. The van der Waals surface area contributed by atoms with Crippen molar-refractivity contribution in [1.82, 2.24) is 15.0 Å². The van der Waals surface area contributed by atoms with Crippen LogP contribution in [-0.2, 0) is 6.42 Å². The van der Waals surface area contributed by atoms with Gasteiger partial charge in [0.2, 0.25) is 0 Å². The average molecular weight is 344 g/mol. The maximum absolute atomic E-state index is 14.0. The summed E-state index contributed by atoms with van der Waals surface area (Å²) in [6.07, 6.45) is 4.18. The number of anilines is 1. The van der Waals surface area contributed by atoms with Crippen molar-refractivity contribution in [3.05, 3.63) is 71.4 Å². The molecule has 0 radical (unpaired) electrons. The smallest absolute Gasteiger partial charge is 0.170 e. The molecule has 1 aromatic carbocycles. The summed E-state index contributed by atoms with van der Waals surface area (Å²) in [5.41, 5.74) is 1.30. The number of hydrogen-bond donors (Lipinski definition) is 1. The number of rotatable bonds is 5. The number of nitrogens with zero attached hydrogens (tertiary/aromatic N) is 3. The second kappa shape index (κ2) is 7.29. The van der Waals surface area contributed by atoms with Gasteiger partial charge in [-0.2, -0.15) is 0 Å². The molecule has 2 heterocycles. The molecule has 0 amide bonds. The summed E-state index contributed by atoms with van der Waals surface area (Å²) < 4.78 is 40.8. The molecule has 0 aliphatic carbocycles. The van der Waals surface area contributed by atoms with Gasteiger partial charge < -0.3 is 5.32 Å². The molecule has 0 fully saturated rings. The molecule has 0 aliphatic heterocycles. The third-order valence-corrected chi connectivity index (χ3v) is 3.53. The van der Waals surface area contributed by atoms with Crippen LogP contribution in [0.2, 0.25) is 0 Å². The summed E-state index contributed by atoms with van der Waals surface area (Å²) in [5.74, 6) is -2.94. The Morgan fingerprint density at radius 2 is 1.92 bits per heavy atom. The molecular weight excluding hydrogens is 329 g/mol. The minimum atomic E-state index is -1.27. The summed E-state index contributed by atoms with van der Waals surface area (Å²) >= 11 is 0. The van der Waals surface area contributed by atoms with Crippen LogP contribution < -0.4 is 5.32 Å². The Bertz CT molecular complexity index is 885. The largest absolute Gasteiger partial charge is 0.370 e. The van der Waals surface area contributed by atoms with Gasteiger partial charge in [-0.1, -0.05) is 6.07 Å². The molecule has 0 spiro atoms. The second-order valence-electron chi connectivity index (χ2n) is 5.51. The summed E-state index contributed by atoms with van der Waals surface area (Å²) in [5, 5.41) is 3.10. The molecule has 3 aromatic rings. The SMILES string of the molecule is Cc1cc(NCCc2cccnc2)nc(-c2cc(F)cc(F)c2F)n1. The molecule has 2 aromatic heterocycles. The van der Waals surface area contributed by atoms with Crippen molar-refractivity contribution in [2.45, 2.75) is 13.3 Å². The summed E-state index contributed by atoms with van der Waals surface area (Å²) in [4.78, 5) is 12.3. The third-order valence-electron chi connectivity index (χ3n) is 3.53. The minimum absolute atomic E-state index is 0.0697. The Morgan fingerprint density at radius 1 is 1.08 bits per heavy atom. The molecule has 0 saturated heterocycles. The first-order valence-corrected chi connectivity index (χ1v) is 7.66. The van der Waals surface area contributed by atoms with Crippen LogP contribution in [-0.4, -0.2) is 21.5 Å². The van der Waals surface area contributed by atoms with E-state index in [2.05, 4.69) is 20.3 Å². The van der Waals surface area contributed by atoms with Crippen LogP contribution in [0.15, 0.2) is 42.7 Å². The van der Waals surface area contributed by atoms with Crippen molar-refractivity contribution in [3.63, 3.8) is 0 Å². The van der Waals surface area contributed by atoms with Crippen molar-refractivity contribution < 1.29 is 13.2 Å². The summed E-state index contributed by atoms with van der Waals surface area (Å²) in [6, 6.07) is 6.86. The van der Waals surface area contributed by atoms with Gasteiger partial charge in [-0.05, 0) is 31.0 Å². The highest BCUT2D eigenvalue weighted by Gasteiger charge is 2.16. The molecule has 7 heteroatoms. The van der Waals surface area contributed by atoms with Crippen molar-refractivity contribution in [3.8, 4) is 11.4 Å². The molecule has 0 aliphatic rings. The second-order valence-corrected chi connectivity index (χ2v) is 5.51. The Labute approximate surface area is 142 Å². The fourth-order valence-electron chi connectivity index (χ4n) is 2.38. The van der Waals surface area contributed by atoms with E-state index in [9.17, 15) is 13.2 Å². The van der Waals surface area contributed by atoms with E-state index < -0.39 is 17.5 Å². The highest BCUT2D eigenvalue weighted by atomic mass is 19.2. The van der Waals surface area contributed by atoms with Crippen LogP contribution in [0.4, 0.5) is 19.0 Å². The number of pyridine rings is 1. The number of nitrogens with one attached hydrogen (secondary N) is 1. The Morgan fingerprint density at radius 3 is 2.68 bits per heavy atom. The quantitative estimate of drug-likeness (QED) is 0.713. The van der Waals surface area contributed by atoms with Gasteiger partial charge in [0, 0.05) is 36.8 Å². The number of benzene rings is 1. The lowest BCUT2D eigenvalue weighted by Crippen LogP contribution is -2.08. The Hall–Kier alpha value is -2.96. The van der Waals surface area contributed by atoms with Crippen molar-refractivity contribution in [1.29, 1.82) is 0 Å². The molecule has 25 heavy (non-hydrogen) atoms. The lowest BCUT2D eigenvalue weighted by molar-refractivity contribution is 0.497. The van der Waals surface area contributed by atoms with E-state index in [0.717, 1.165) is 18.1 Å². The average Bonchev–Trinajstić information content (AvgIpc) is 2.58. The van der Waals surface area contributed by atoms with Gasteiger partial charge in [0.05, 0.1) is 5.56 Å². The van der Waals surface area contributed by atoms with E-state index in [-0.39, 0.29) is 11.4 Å². The molecule has 0 bridgehead atoms. The predicted molar refractivity (Wildman–Crippen MR) is 88.5 cm³/mol. The highest BCUT2D eigenvalue weighted by Crippen LogP contribution is 2.24. The zero-order valence-corrected chi connectivity index (χ0v) is 13.4. The van der Waals surface area contributed by atoms with Crippen molar-refractivity contribution in [2.75, 3.05) is 11.9 Å². The molecule has 4 nitrogen and oxygen atoms in total. The van der Waals surface area contributed by atoms with Gasteiger partial charge in [-0.3, -0.25) is 4.98 Å². The molecule has 0 unspecified atom stereocenters. The molecule has 0 saturated carbocycles. The van der Waals surface area contributed by atoms with Gasteiger partial charge >= 0.3 is 0 Å². The molecular formula is C18H15F3N4. The number of hydrogen-bond acceptors (Lipinski definition) is 4. The Balaban J connectivity index is 1.81. The van der Waals surface area contributed by atoms with Gasteiger partial charge in [0.25, 0.3) is 0 Å². The summed E-state index contributed by atoms with van der Waals surface area (Å²) in [7, 11) is 0. The van der Waals surface area contributed by atoms with Crippen LogP contribution >= 0.6 is 0 Å². The molecule has 0 atom stereocenters. The normalized spacial score (nSPS) is 10.7.